The molecular formula is C23H32F4O2. The summed E-state index contributed by atoms with van der Waals surface area (Å²) in [5.41, 5.74) is 1.15. The van der Waals surface area contributed by atoms with Crippen LogP contribution in [-0.2, 0) is 10.7 Å². The van der Waals surface area contributed by atoms with Gasteiger partial charge in [-0.15, -0.1) is 0 Å². The van der Waals surface area contributed by atoms with E-state index < -0.39 is 18.5 Å². The molecule has 164 valence electrons. The number of allylic oxidation sites excluding steroid dienone is 3. The van der Waals surface area contributed by atoms with Gasteiger partial charge >= 0.3 is 5.92 Å². The van der Waals surface area contributed by atoms with Gasteiger partial charge in [0, 0.05) is 0 Å². The van der Waals surface area contributed by atoms with Crippen LogP contribution in [0.3, 0.4) is 0 Å². The first kappa shape index (κ1) is 26.8. The van der Waals surface area contributed by atoms with Gasteiger partial charge < -0.3 is 9.47 Å². The van der Waals surface area contributed by atoms with E-state index in [9.17, 15) is 17.6 Å². The van der Waals surface area contributed by atoms with Gasteiger partial charge in [-0.1, -0.05) is 59.1 Å². The van der Waals surface area contributed by atoms with Crippen molar-refractivity contribution in [2.75, 3.05) is 13.2 Å². The highest BCUT2D eigenvalue weighted by atomic mass is 19.3. The van der Waals surface area contributed by atoms with Crippen molar-refractivity contribution in [2.24, 2.45) is 0 Å². The fourth-order valence-electron chi connectivity index (χ4n) is 2.63. The summed E-state index contributed by atoms with van der Waals surface area (Å²) in [6, 6.07) is 4.80. The van der Waals surface area contributed by atoms with Gasteiger partial charge in [-0.25, -0.2) is 8.78 Å². The van der Waals surface area contributed by atoms with Crippen LogP contribution in [0.5, 0.6) is 5.75 Å². The first-order valence-electron chi connectivity index (χ1n) is 9.74. The van der Waals surface area contributed by atoms with Crippen LogP contribution in [0.4, 0.5) is 17.6 Å². The van der Waals surface area contributed by atoms with Crippen LogP contribution in [0, 0.1) is 6.92 Å². The lowest BCUT2D eigenvalue weighted by Gasteiger charge is -2.27. The zero-order valence-corrected chi connectivity index (χ0v) is 18.2. The smallest absolute Gasteiger partial charge is 0.310 e. The molecule has 0 spiro atoms. The lowest BCUT2D eigenvalue weighted by Crippen LogP contribution is -2.27. The number of para-hydroxylation sites is 1. The number of ether oxygens (including phenoxy) is 2. The van der Waals surface area contributed by atoms with Crippen LogP contribution in [-0.4, -0.2) is 19.1 Å². The van der Waals surface area contributed by atoms with Crippen LogP contribution < -0.4 is 4.74 Å². The second kappa shape index (κ2) is 11.7. The van der Waals surface area contributed by atoms with Crippen molar-refractivity contribution in [3.8, 4) is 5.75 Å². The summed E-state index contributed by atoms with van der Waals surface area (Å²) in [6.45, 7) is 17.8. The third kappa shape index (κ3) is 6.65. The highest BCUT2D eigenvalue weighted by Gasteiger charge is 2.41. The minimum atomic E-state index is -2.83. The molecule has 0 saturated carbocycles. The van der Waals surface area contributed by atoms with Crippen LogP contribution >= 0.6 is 0 Å². The van der Waals surface area contributed by atoms with Gasteiger partial charge in [-0.2, -0.15) is 8.78 Å². The highest BCUT2D eigenvalue weighted by molar-refractivity contribution is 5.46. The normalized spacial score (nSPS) is 17.4. The summed E-state index contributed by atoms with van der Waals surface area (Å²) >= 11 is 0. The average Bonchev–Trinajstić information content (AvgIpc) is 3.01. The van der Waals surface area contributed by atoms with Crippen LogP contribution in [0.2, 0.25) is 0 Å². The maximum Gasteiger partial charge on any atom is 0.310 e. The molecule has 2 nitrogen and oxygen atoms in total. The Bertz CT molecular complexity index is 722. The molecule has 2 aliphatic heterocycles. The fraction of sp³-hybridized carbons (Fsp3) is 0.478. The van der Waals surface area contributed by atoms with Gasteiger partial charge in [-0.05, 0) is 31.1 Å². The highest BCUT2D eigenvalue weighted by Crippen LogP contribution is 2.42. The minimum absolute atomic E-state index is 0.0162. The molecule has 0 amide bonds. The number of rotatable bonds is 2. The number of benzene rings is 1. The Morgan fingerprint density at radius 1 is 1.03 bits per heavy atom. The van der Waals surface area contributed by atoms with E-state index in [0.29, 0.717) is 11.3 Å². The van der Waals surface area contributed by atoms with Gasteiger partial charge in [0.1, 0.15) is 11.5 Å². The topological polar surface area (TPSA) is 18.5 Å². The van der Waals surface area contributed by atoms with Crippen molar-refractivity contribution in [1.82, 2.24) is 0 Å². The molecule has 29 heavy (non-hydrogen) atoms. The van der Waals surface area contributed by atoms with E-state index in [0.717, 1.165) is 11.6 Å². The molecule has 1 aromatic carbocycles. The van der Waals surface area contributed by atoms with Crippen LogP contribution in [0.1, 0.15) is 52.2 Å². The molecule has 0 aromatic heterocycles. The second-order valence-electron chi connectivity index (χ2n) is 5.97. The molecule has 0 fully saturated rings. The van der Waals surface area contributed by atoms with Crippen molar-refractivity contribution in [3.63, 3.8) is 0 Å². The molecule has 2 heterocycles. The van der Waals surface area contributed by atoms with Crippen molar-refractivity contribution >= 4 is 0 Å². The number of fused-ring (bicyclic) bond motifs is 1. The quantitative estimate of drug-likeness (QED) is 0.462. The molecule has 0 aliphatic carbocycles. The molecule has 1 aromatic rings. The van der Waals surface area contributed by atoms with E-state index in [2.05, 4.69) is 13.2 Å². The lowest BCUT2D eigenvalue weighted by atomic mass is 10.00. The van der Waals surface area contributed by atoms with E-state index in [1.807, 2.05) is 27.7 Å². The molecular weight excluding hydrogens is 384 g/mol. The van der Waals surface area contributed by atoms with Crippen molar-refractivity contribution < 1.29 is 27.0 Å². The van der Waals surface area contributed by atoms with E-state index in [1.54, 1.807) is 26.0 Å². The summed E-state index contributed by atoms with van der Waals surface area (Å²) in [5.74, 6) is -5.09. The molecule has 3 rings (SSSR count). The summed E-state index contributed by atoms with van der Waals surface area (Å²) < 4.78 is 62.4. The fourth-order valence-corrected chi connectivity index (χ4v) is 2.63. The predicted octanol–water partition coefficient (Wildman–Crippen LogP) is 7.59. The van der Waals surface area contributed by atoms with Crippen LogP contribution in [0.15, 0.2) is 54.3 Å². The predicted molar refractivity (Wildman–Crippen MR) is 111 cm³/mol. The Morgan fingerprint density at radius 2 is 1.62 bits per heavy atom. The molecule has 0 radical (unpaired) electrons. The minimum Gasteiger partial charge on any atom is -0.493 e. The molecule has 2 aliphatic rings. The maximum absolute atomic E-state index is 13.2. The van der Waals surface area contributed by atoms with Crippen LogP contribution in [0.25, 0.3) is 0 Å². The largest absolute Gasteiger partial charge is 0.493 e. The Morgan fingerprint density at radius 3 is 2.07 bits per heavy atom. The van der Waals surface area contributed by atoms with E-state index in [4.69, 9.17) is 9.47 Å². The van der Waals surface area contributed by atoms with E-state index >= 15 is 0 Å². The summed E-state index contributed by atoms with van der Waals surface area (Å²) in [4.78, 5) is 0. The molecule has 0 bridgehead atoms. The summed E-state index contributed by atoms with van der Waals surface area (Å²) in [6.07, 6.45) is 0.855. The first-order valence-corrected chi connectivity index (χ1v) is 9.74. The third-order valence-corrected chi connectivity index (χ3v) is 3.90. The number of alkyl halides is 4. The zero-order valence-electron chi connectivity index (χ0n) is 18.2. The van der Waals surface area contributed by atoms with Gasteiger partial charge in [0.25, 0.3) is 5.92 Å². The molecule has 0 N–H and O–H groups in total. The SMILES string of the molecule is C=CC1=C(C(=C)C)OCCC1(F)F.CC.CC.Cc1cccc2c1OCC2(F)F. The number of halogens is 4. The Balaban J connectivity index is 0.000000462. The van der Waals surface area contributed by atoms with Crippen molar-refractivity contribution in [1.29, 1.82) is 0 Å². The van der Waals surface area contributed by atoms with Gasteiger partial charge in [0.2, 0.25) is 0 Å². The van der Waals surface area contributed by atoms with E-state index in [1.165, 1.54) is 6.07 Å². The summed E-state index contributed by atoms with van der Waals surface area (Å²) in [7, 11) is 0. The van der Waals surface area contributed by atoms with E-state index in [-0.39, 0.29) is 29.9 Å². The molecule has 6 heteroatoms. The van der Waals surface area contributed by atoms with Gasteiger partial charge in [0.15, 0.2) is 6.61 Å². The average molecular weight is 416 g/mol. The van der Waals surface area contributed by atoms with Crippen molar-refractivity contribution in [3.05, 3.63) is 65.5 Å². The van der Waals surface area contributed by atoms with Gasteiger partial charge in [-0.3, -0.25) is 0 Å². The molecule has 0 unspecified atom stereocenters. The zero-order chi connectivity index (χ0) is 22.8. The number of hydrogen-bond donors (Lipinski definition) is 0. The first-order chi connectivity index (χ1) is 13.6. The monoisotopic (exact) mass is 416 g/mol. The van der Waals surface area contributed by atoms with Gasteiger partial charge in [0.05, 0.1) is 24.2 Å². The Hall–Kier alpha value is -2.24. The maximum atomic E-state index is 13.2. The second-order valence-corrected chi connectivity index (χ2v) is 5.97. The third-order valence-electron chi connectivity index (χ3n) is 3.90. The number of hydrogen-bond acceptors (Lipinski definition) is 2. The molecule has 0 saturated heterocycles. The molecule has 0 atom stereocenters. The Kier molecular flexibility index (Phi) is 10.8. The number of aryl methyl sites for hydroxylation is 1. The standard InChI is InChI=1S/C10H12F2O.C9H8F2O.2C2H6/c1-4-8-9(7(2)3)13-6-5-10(8,11)12;1-6-3-2-4-7-8(6)12-5-9(7,10)11;2*1-2/h4H,1-2,5-6H2,3H3;2-4H,5H2,1H3;2*1-2H3. The summed E-state index contributed by atoms with van der Waals surface area (Å²) in [5, 5.41) is 0. The van der Waals surface area contributed by atoms with Crippen molar-refractivity contribution in [2.45, 2.75) is 59.8 Å². The Labute approximate surface area is 171 Å². The lowest BCUT2D eigenvalue weighted by molar-refractivity contribution is -0.0214.